The smallest absolute Gasteiger partial charge is 0.161 e. The fourth-order valence-corrected chi connectivity index (χ4v) is 2.72. The zero-order valence-electron chi connectivity index (χ0n) is 12.9. The van der Waals surface area contributed by atoms with E-state index in [-0.39, 0.29) is 0 Å². The van der Waals surface area contributed by atoms with E-state index in [0.717, 1.165) is 24.5 Å². The van der Waals surface area contributed by atoms with E-state index in [4.69, 9.17) is 9.47 Å². The Kier molecular flexibility index (Phi) is 5.72. The van der Waals surface area contributed by atoms with Crippen molar-refractivity contribution < 1.29 is 9.47 Å². The molecular formula is C17H27NO2. The summed E-state index contributed by atoms with van der Waals surface area (Å²) < 4.78 is 11.6. The van der Waals surface area contributed by atoms with Gasteiger partial charge in [-0.3, -0.25) is 0 Å². The maximum Gasteiger partial charge on any atom is 0.161 e. The van der Waals surface area contributed by atoms with Crippen LogP contribution in [0, 0.1) is 0 Å². The molecule has 0 aliphatic heterocycles. The van der Waals surface area contributed by atoms with Crippen LogP contribution in [0.2, 0.25) is 0 Å². The quantitative estimate of drug-likeness (QED) is 0.814. The molecule has 0 saturated heterocycles. The molecule has 2 rings (SSSR count). The highest BCUT2D eigenvalue weighted by molar-refractivity contribution is 5.44. The summed E-state index contributed by atoms with van der Waals surface area (Å²) in [6, 6.07) is 6.62. The lowest BCUT2D eigenvalue weighted by Gasteiger charge is -2.19. The van der Waals surface area contributed by atoms with Gasteiger partial charge in [-0.25, -0.2) is 0 Å². The topological polar surface area (TPSA) is 30.5 Å². The van der Waals surface area contributed by atoms with Crippen molar-refractivity contribution in [3.63, 3.8) is 0 Å². The Morgan fingerprint density at radius 3 is 2.65 bits per heavy atom. The van der Waals surface area contributed by atoms with Crippen molar-refractivity contribution in [2.45, 2.75) is 58.1 Å². The van der Waals surface area contributed by atoms with Gasteiger partial charge in [0, 0.05) is 6.04 Å². The summed E-state index contributed by atoms with van der Waals surface area (Å²) >= 11 is 0. The predicted molar refractivity (Wildman–Crippen MR) is 82.6 cm³/mol. The van der Waals surface area contributed by atoms with Gasteiger partial charge in [-0.1, -0.05) is 13.0 Å². The first kappa shape index (κ1) is 15.2. The molecule has 0 bridgehead atoms. The average molecular weight is 277 g/mol. The van der Waals surface area contributed by atoms with E-state index in [1.54, 1.807) is 7.11 Å². The summed E-state index contributed by atoms with van der Waals surface area (Å²) in [5.41, 5.74) is 1.24. The lowest BCUT2D eigenvalue weighted by Crippen LogP contribution is -2.19. The van der Waals surface area contributed by atoms with E-state index >= 15 is 0 Å². The highest BCUT2D eigenvalue weighted by Gasteiger charge is 2.19. The van der Waals surface area contributed by atoms with Crippen molar-refractivity contribution in [3.05, 3.63) is 23.8 Å². The Hall–Kier alpha value is -1.22. The van der Waals surface area contributed by atoms with Crippen LogP contribution in [0.3, 0.4) is 0 Å². The van der Waals surface area contributed by atoms with Crippen LogP contribution in [0.5, 0.6) is 11.5 Å². The van der Waals surface area contributed by atoms with Gasteiger partial charge in [0.1, 0.15) is 0 Å². The van der Waals surface area contributed by atoms with Crippen LogP contribution < -0.4 is 14.8 Å². The van der Waals surface area contributed by atoms with Crippen LogP contribution in [0.1, 0.15) is 57.6 Å². The van der Waals surface area contributed by atoms with Crippen molar-refractivity contribution >= 4 is 0 Å². The zero-order valence-corrected chi connectivity index (χ0v) is 12.9. The maximum absolute atomic E-state index is 6.07. The number of ether oxygens (including phenoxy) is 2. The summed E-state index contributed by atoms with van der Waals surface area (Å²) in [5.74, 6) is 1.73. The number of rotatable bonds is 7. The standard InChI is InChI=1S/C17H27NO2/c1-4-11-18-13(2)14-9-10-16(17(12-14)19-3)20-15-7-5-6-8-15/h9-10,12-13,15,18H,4-8,11H2,1-3H3. The van der Waals surface area contributed by atoms with E-state index in [1.807, 2.05) is 0 Å². The summed E-state index contributed by atoms with van der Waals surface area (Å²) in [4.78, 5) is 0. The molecule has 1 aromatic carbocycles. The Labute approximate surface area is 122 Å². The van der Waals surface area contributed by atoms with Crippen LogP contribution >= 0.6 is 0 Å². The van der Waals surface area contributed by atoms with Crippen molar-refractivity contribution in [2.75, 3.05) is 13.7 Å². The maximum atomic E-state index is 6.07. The fourth-order valence-electron chi connectivity index (χ4n) is 2.72. The molecule has 1 fully saturated rings. The molecule has 1 atom stereocenters. The minimum absolute atomic E-state index is 0.337. The summed E-state index contributed by atoms with van der Waals surface area (Å²) in [5, 5.41) is 3.50. The largest absolute Gasteiger partial charge is 0.493 e. The lowest BCUT2D eigenvalue weighted by atomic mass is 10.1. The van der Waals surface area contributed by atoms with E-state index in [2.05, 4.69) is 37.4 Å². The van der Waals surface area contributed by atoms with Gasteiger partial charge in [-0.05, 0) is 63.3 Å². The van der Waals surface area contributed by atoms with Crippen LogP contribution in [-0.4, -0.2) is 19.8 Å². The number of benzene rings is 1. The van der Waals surface area contributed by atoms with Gasteiger partial charge in [0.2, 0.25) is 0 Å². The first-order valence-electron chi connectivity index (χ1n) is 7.82. The van der Waals surface area contributed by atoms with Gasteiger partial charge in [0.25, 0.3) is 0 Å². The molecule has 0 spiro atoms. The molecular weight excluding hydrogens is 250 g/mol. The zero-order chi connectivity index (χ0) is 14.4. The van der Waals surface area contributed by atoms with Crippen LogP contribution in [0.15, 0.2) is 18.2 Å². The third-order valence-electron chi connectivity index (χ3n) is 3.98. The molecule has 0 amide bonds. The van der Waals surface area contributed by atoms with Gasteiger partial charge in [0.15, 0.2) is 11.5 Å². The molecule has 112 valence electrons. The summed E-state index contributed by atoms with van der Waals surface area (Å²) in [6.45, 7) is 5.39. The first-order valence-corrected chi connectivity index (χ1v) is 7.82. The second-order valence-electron chi connectivity index (χ2n) is 5.61. The van der Waals surface area contributed by atoms with Crippen LogP contribution in [-0.2, 0) is 0 Å². The van der Waals surface area contributed by atoms with Crippen molar-refractivity contribution in [1.82, 2.24) is 5.32 Å². The first-order chi connectivity index (χ1) is 9.74. The summed E-state index contributed by atoms with van der Waals surface area (Å²) in [6.07, 6.45) is 6.40. The number of hydrogen-bond acceptors (Lipinski definition) is 3. The van der Waals surface area contributed by atoms with Crippen LogP contribution in [0.25, 0.3) is 0 Å². The second kappa shape index (κ2) is 7.53. The predicted octanol–water partition coefficient (Wildman–Crippen LogP) is 4.08. The minimum Gasteiger partial charge on any atom is -0.493 e. The molecule has 1 aliphatic carbocycles. The van der Waals surface area contributed by atoms with Gasteiger partial charge < -0.3 is 14.8 Å². The van der Waals surface area contributed by atoms with Crippen molar-refractivity contribution in [3.8, 4) is 11.5 Å². The second-order valence-corrected chi connectivity index (χ2v) is 5.61. The molecule has 1 saturated carbocycles. The lowest BCUT2D eigenvalue weighted by molar-refractivity contribution is 0.200. The molecule has 1 N–H and O–H groups in total. The third kappa shape index (κ3) is 3.89. The highest BCUT2D eigenvalue weighted by atomic mass is 16.5. The molecule has 1 unspecified atom stereocenters. The number of nitrogens with one attached hydrogen (secondary N) is 1. The van der Waals surface area contributed by atoms with Crippen molar-refractivity contribution in [2.24, 2.45) is 0 Å². The molecule has 0 radical (unpaired) electrons. The Bertz CT molecular complexity index is 413. The van der Waals surface area contributed by atoms with Crippen molar-refractivity contribution in [1.29, 1.82) is 0 Å². The average Bonchev–Trinajstić information content (AvgIpc) is 2.98. The van der Waals surface area contributed by atoms with Gasteiger partial charge >= 0.3 is 0 Å². The monoisotopic (exact) mass is 277 g/mol. The van der Waals surface area contributed by atoms with E-state index in [9.17, 15) is 0 Å². The third-order valence-corrected chi connectivity index (χ3v) is 3.98. The Morgan fingerprint density at radius 2 is 2.00 bits per heavy atom. The fraction of sp³-hybridized carbons (Fsp3) is 0.647. The molecule has 1 aliphatic rings. The van der Waals surface area contributed by atoms with Gasteiger partial charge in [-0.2, -0.15) is 0 Å². The Morgan fingerprint density at radius 1 is 1.25 bits per heavy atom. The molecule has 3 nitrogen and oxygen atoms in total. The summed E-state index contributed by atoms with van der Waals surface area (Å²) in [7, 11) is 1.71. The van der Waals surface area contributed by atoms with E-state index < -0.39 is 0 Å². The molecule has 0 aromatic heterocycles. The van der Waals surface area contributed by atoms with Crippen LogP contribution in [0.4, 0.5) is 0 Å². The van der Waals surface area contributed by atoms with E-state index in [0.29, 0.717) is 12.1 Å². The number of methoxy groups -OCH3 is 1. The SMILES string of the molecule is CCCNC(C)c1ccc(OC2CCCC2)c(OC)c1. The highest BCUT2D eigenvalue weighted by Crippen LogP contribution is 2.33. The molecule has 20 heavy (non-hydrogen) atoms. The normalized spacial score (nSPS) is 17.1. The Balaban J connectivity index is 2.06. The van der Waals surface area contributed by atoms with Gasteiger partial charge in [0.05, 0.1) is 13.2 Å². The number of hydrogen-bond donors (Lipinski definition) is 1. The molecule has 3 heteroatoms. The molecule has 0 heterocycles. The van der Waals surface area contributed by atoms with E-state index in [1.165, 1.54) is 31.2 Å². The minimum atomic E-state index is 0.337. The van der Waals surface area contributed by atoms with Gasteiger partial charge in [-0.15, -0.1) is 0 Å². The molecule has 1 aromatic rings.